The van der Waals surface area contributed by atoms with E-state index in [1.807, 2.05) is 16.9 Å². The summed E-state index contributed by atoms with van der Waals surface area (Å²) in [7, 11) is 1.53. The van der Waals surface area contributed by atoms with E-state index < -0.39 is 11.7 Å². The molecular formula is C24H29FN4O2. The van der Waals surface area contributed by atoms with E-state index in [4.69, 9.17) is 9.84 Å². The van der Waals surface area contributed by atoms with Crippen molar-refractivity contribution in [1.29, 1.82) is 0 Å². The van der Waals surface area contributed by atoms with Crippen LogP contribution in [0.5, 0.6) is 5.75 Å². The van der Waals surface area contributed by atoms with Crippen LogP contribution in [-0.2, 0) is 0 Å². The Kier molecular flexibility index (Phi) is 5.69. The van der Waals surface area contributed by atoms with Gasteiger partial charge in [0.2, 0.25) is 0 Å². The second-order valence-corrected chi connectivity index (χ2v) is 9.38. The van der Waals surface area contributed by atoms with E-state index in [9.17, 15) is 9.18 Å². The zero-order chi connectivity index (χ0) is 22.2. The van der Waals surface area contributed by atoms with Gasteiger partial charge in [-0.2, -0.15) is 5.10 Å². The number of nitrogens with zero attached hydrogens (tertiary/aromatic N) is 3. The number of ether oxygens (including phenoxy) is 1. The highest BCUT2D eigenvalue weighted by atomic mass is 19.1. The van der Waals surface area contributed by atoms with Gasteiger partial charge in [0.05, 0.1) is 24.4 Å². The molecule has 0 spiro atoms. The fraction of sp³-hybridized carbons (Fsp3) is 0.458. The van der Waals surface area contributed by atoms with Gasteiger partial charge in [0.25, 0.3) is 5.91 Å². The summed E-state index contributed by atoms with van der Waals surface area (Å²) in [6.45, 7) is 6.96. The summed E-state index contributed by atoms with van der Waals surface area (Å²) in [5.74, 6) is -0.0797. The highest BCUT2D eigenvalue weighted by molar-refractivity contribution is 6.05. The van der Waals surface area contributed by atoms with Gasteiger partial charge in [-0.05, 0) is 55.2 Å². The van der Waals surface area contributed by atoms with E-state index in [2.05, 4.69) is 31.1 Å². The summed E-state index contributed by atoms with van der Waals surface area (Å²) in [4.78, 5) is 16.3. The number of hydrogen-bond acceptors (Lipinski definition) is 4. The lowest BCUT2D eigenvalue weighted by Crippen LogP contribution is -2.27. The van der Waals surface area contributed by atoms with Gasteiger partial charge < -0.3 is 10.1 Å². The van der Waals surface area contributed by atoms with Crippen LogP contribution in [0.15, 0.2) is 36.7 Å². The third-order valence-electron chi connectivity index (χ3n) is 6.36. The number of hydrogen-bond donors (Lipinski definition) is 1. The van der Waals surface area contributed by atoms with Crippen LogP contribution < -0.4 is 10.1 Å². The smallest absolute Gasteiger partial charge is 0.277 e. The van der Waals surface area contributed by atoms with Gasteiger partial charge in [0.15, 0.2) is 11.5 Å². The summed E-state index contributed by atoms with van der Waals surface area (Å²) < 4.78 is 21.4. The van der Waals surface area contributed by atoms with Gasteiger partial charge in [0, 0.05) is 23.8 Å². The number of carbonyl (C=O) groups excluding carboxylic acids is 1. The number of carbonyl (C=O) groups is 1. The molecule has 2 aromatic heterocycles. The van der Waals surface area contributed by atoms with Crippen LogP contribution in [0, 0.1) is 17.2 Å². The number of anilines is 1. The van der Waals surface area contributed by atoms with Crippen molar-refractivity contribution in [2.45, 2.75) is 52.5 Å². The van der Waals surface area contributed by atoms with Gasteiger partial charge >= 0.3 is 0 Å². The van der Waals surface area contributed by atoms with Gasteiger partial charge in [-0.25, -0.2) is 9.37 Å². The second kappa shape index (κ2) is 8.29. The Hall–Kier alpha value is -2.96. The number of amides is 1. The number of fused-ring (bicyclic) bond motifs is 1. The van der Waals surface area contributed by atoms with Crippen molar-refractivity contribution in [2.24, 2.45) is 11.3 Å². The molecule has 0 atom stereocenters. The Morgan fingerprint density at radius 1 is 1.23 bits per heavy atom. The van der Waals surface area contributed by atoms with Crippen molar-refractivity contribution in [1.82, 2.24) is 14.8 Å². The maximum Gasteiger partial charge on any atom is 0.277 e. The predicted octanol–water partition coefficient (Wildman–Crippen LogP) is 5.61. The Morgan fingerprint density at radius 2 is 1.97 bits per heavy atom. The van der Waals surface area contributed by atoms with Crippen LogP contribution in [0.3, 0.4) is 0 Å². The highest BCUT2D eigenvalue weighted by Gasteiger charge is 2.30. The molecule has 0 saturated heterocycles. The molecule has 0 unspecified atom stereocenters. The van der Waals surface area contributed by atoms with Gasteiger partial charge in [-0.1, -0.05) is 20.8 Å². The molecular weight excluding hydrogens is 395 g/mol. The Morgan fingerprint density at radius 3 is 2.61 bits per heavy atom. The van der Waals surface area contributed by atoms with Crippen molar-refractivity contribution in [3.05, 3.63) is 48.2 Å². The number of aromatic nitrogens is 3. The van der Waals surface area contributed by atoms with Crippen molar-refractivity contribution < 1.29 is 13.9 Å². The van der Waals surface area contributed by atoms with Crippen molar-refractivity contribution in [3.8, 4) is 5.75 Å². The van der Waals surface area contributed by atoms with Crippen LogP contribution in [0.2, 0.25) is 0 Å². The minimum absolute atomic E-state index is 0.254. The van der Waals surface area contributed by atoms with E-state index in [0.29, 0.717) is 22.9 Å². The van der Waals surface area contributed by atoms with Gasteiger partial charge in [-0.3, -0.25) is 9.48 Å². The molecule has 0 radical (unpaired) electrons. The maximum absolute atomic E-state index is 13.9. The van der Waals surface area contributed by atoms with E-state index in [1.54, 1.807) is 6.07 Å². The fourth-order valence-corrected chi connectivity index (χ4v) is 4.47. The topological polar surface area (TPSA) is 69.0 Å². The Bertz CT molecular complexity index is 1090. The van der Waals surface area contributed by atoms with E-state index in [1.165, 1.54) is 38.3 Å². The van der Waals surface area contributed by atoms with Crippen LogP contribution in [0.4, 0.5) is 10.1 Å². The average molecular weight is 425 g/mol. The fourth-order valence-electron chi connectivity index (χ4n) is 4.47. The molecule has 1 aromatic carbocycles. The first kappa shape index (κ1) is 21.3. The minimum atomic E-state index is -0.668. The number of rotatable bonds is 4. The largest absolute Gasteiger partial charge is 0.494 e. The molecule has 1 aliphatic rings. The van der Waals surface area contributed by atoms with Crippen LogP contribution >= 0.6 is 0 Å². The molecule has 1 saturated carbocycles. The molecule has 3 aromatic rings. The molecule has 1 amide bonds. The summed E-state index contributed by atoms with van der Waals surface area (Å²) in [6.07, 6.45) is 8.02. The number of nitrogens with one attached hydrogen (secondary N) is 1. The normalized spacial score (nSPS) is 19.4. The lowest BCUT2D eigenvalue weighted by Gasteiger charge is -2.37. The van der Waals surface area contributed by atoms with Crippen molar-refractivity contribution >= 4 is 22.5 Å². The summed E-state index contributed by atoms with van der Waals surface area (Å²) >= 11 is 0. The molecule has 7 heteroatoms. The van der Waals surface area contributed by atoms with Gasteiger partial charge in [0.1, 0.15) is 5.75 Å². The first-order valence-electron chi connectivity index (χ1n) is 10.7. The molecule has 0 aliphatic heterocycles. The molecule has 164 valence electrons. The lowest BCUT2D eigenvalue weighted by atomic mass is 9.71. The number of methoxy groups -OCH3 is 1. The quantitative estimate of drug-likeness (QED) is 0.591. The molecule has 1 N–H and O–H groups in total. The molecule has 1 aliphatic carbocycles. The SMILES string of the molecule is COc1cc2nn([C@H]3CC[C@H](C(C)(C)C)CC3)cc2cc1NC(=O)c1ncccc1F. The standard InChI is InChI=1S/C24H29FN4O2/c1-24(2,3)16-7-9-17(10-8-16)29-14-15-12-20(21(31-4)13-19(15)28-29)27-23(30)22-18(25)6-5-11-26-22/h5-6,11-14,16-17H,7-10H2,1-4H3,(H,27,30)/t16-,17-. The summed E-state index contributed by atoms with van der Waals surface area (Å²) in [5, 5.41) is 8.39. The maximum atomic E-state index is 13.9. The summed E-state index contributed by atoms with van der Waals surface area (Å²) in [5.41, 5.74) is 1.35. The molecule has 31 heavy (non-hydrogen) atoms. The first-order chi connectivity index (χ1) is 14.8. The highest BCUT2D eigenvalue weighted by Crippen LogP contribution is 2.41. The number of benzene rings is 1. The van der Waals surface area contributed by atoms with E-state index >= 15 is 0 Å². The second-order valence-electron chi connectivity index (χ2n) is 9.38. The summed E-state index contributed by atoms with van der Waals surface area (Å²) in [6, 6.07) is 6.65. The van der Waals surface area contributed by atoms with Crippen LogP contribution in [-0.4, -0.2) is 27.8 Å². The average Bonchev–Trinajstić information content (AvgIpc) is 3.15. The van der Waals surface area contributed by atoms with Gasteiger partial charge in [-0.15, -0.1) is 0 Å². The third kappa shape index (κ3) is 4.40. The van der Waals surface area contributed by atoms with Crippen molar-refractivity contribution in [2.75, 3.05) is 12.4 Å². The van der Waals surface area contributed by atoms with Crippen LogP contribution in [0.1, 0.15) is 63.0 Å². The van der Waals surface area contributed by atoms with E-state index in [-0.39, 0.29) is 5.69 Å². The monoisotopic (exact) mass is 424 g/mol. The Labute approximate surface area is 181 Å². The molecule has 2 heterocycles. The molecule has 4 rings (SSSR count). The number of pyridine rings is 1. The first-order valence-corrected chi connectivity index (χ1v) is 10.7. The lowest BCUT2D eigenvalue weighted by molar-refractivity contribution is 0.101. The molecule has 6 nitrogen and oxygen atoms in total. The zero-order valence-electron chi connectivity index (χ0n) is 18.5. The minimum Gasteiger partial charge on any atom is -0.494 e. The zero-order valence-corrected chi connectivity index (χ0v) is 18.5. The molecule has 1 fully saturated rings. The third-order valence-corrected chi connectivity index (χ3v) is 6.36. The van der Waals surface area contributed by atoms with E-state index in [0.717, 1.165) is 29.7 Å². The Balaban J connectivity index is 1.57. The number of halogens is 1. The van der Waals surface area contributed by atoms with Crippen LogP contribution in [0.25, 0.3) is 10.9 Å². The predicted molar refractivity (Wildman–Crippen MR) is 119 cm³/mol. The van der Waals surface area contributed by atoms with Crippen molar-refractivity contribution in [3.63, 3.8) is 0 Å². The molecule has 0 bridgehead atoms.